The number of carbonyl (C=O) groups is 1. The van der Waals surface area contributed by atoms with Crippen molar-refractivity contribution in [2.75, 3.05) is 32.7 Å². The zero-order valence-electron chi connectivity index (χ0n) is 10.5. The SMILES string of the molecule is C#CC(C)N1CCCC1C(=O)N1CCNCC1. The number of hydrogen-bond donors (Lipinski definition) is 1. The van der Waals surface area contributed by atoms with Crippen molar-refractivity contribution in [1.82, 2.24) is 15.1 Å². The van der Waals surface area contributed by atoms with Crippen LogP contribution in [0, 0.1) is 12.3 Å². The molecule has 2 saturated heterocycles. The van der Waals surface area contributed by atoms with Gasteiger partial charge in [-0.2, -0.15) is 0 Å². The standard InChI is InChI=1S/C13H21N3O/c1-3-11(2)16-8-4-5-12(16)13(17)15-9-6-14-7-10-15/h1,11-12,14H,4-10H2,2H3. The van der Waals surface area contributed by atoms with Crippen LogP contribution in [0.15, 0.2) is 0 Å². The summed E-state index contributed by atoms with van der Waals surface area (Å²) in [6, 6.07) is 0.0773. The number of piperazine rings is 1. The van der Waals surface area contributed by atoms with Crippen LogP contribution in [0.4, 0.5) is 0 Å². The lowest BCUT2D eigenvalue weighted by molar-refractivity contribution is -0.136. The summed E-state index contributed by atoms with van der Waals surface area (Å²) in [6.45, 7) is 6.42. The molecule has 0 aliphatic carbocycles. The van der Waals surface area contributed by atoms with E-state index in [1.807, 2.05) is 11.8 Å². The van der Waals surface area contributed by atoms with Crippen LogP contribution in [0.5, 0.6) is 0 Å². The van der Waals surface area contributed by atoms with Crippen LogP contribution >= 0.6 is 0 Å². The number of carbonyl (C=O) groups excluding carboxylic acids is 1. The van der Waals surface area contributed by atoms with Crippen molar-refractivity contribution in [1.29, 1.82) is 0 Å². The van der Waals surface area contributed by atoms with Gasteiger partial charge in [-0.05, 0) is 19.8 Å². The van der Waals surface area contributed by atoms with Gasteiger partial charge in [-0.1, -0.05) is 5.92 Å². The summed E-state index contributed by atoms with van der Waals surface area (Å²) in [5.41, 5.74) is 0. The van der Waals surface area contributed by atoms with Gasteiger partial charge in [0, 0.05) is 32.7 Å². The minimum atomic E-state index is 0.0131. The minimum Gasteiger partial charge on any atom is -0.339 e. The van der Waals surface area contributed by atoms with E-state index in [0.29, 0.717) is 0 Å². The van der Waals surface area contributed by atoms with Crippen molar-refractivity contribution >= 4 is 5.91 Å². The van der Waals surface area contributed by atoms with Crippen molar-refractivity contribution in [3.05, 3.63) is 0 Å². The number of rotatable bonds is 2. The molecule has 4 heteroatoms. The molecule has 0 aromatic carbocycles. The second kappa shape index (κ2) is 5.52. The van der Waals surface area contributed by atoms with E-state index in [4.69, 9.17) is 6.42 Å². The van der Waals surface area contributed by atoms with Gasteiger partial charge in [0.15, 0.2) is 0 Å². The third-order valence-corrected chi connectivity index (χ3v) is 3.75. The minimum absolute atomic E-state index is 0.0131. The average molecular weight is 235 g/mol. The highest BCUT2D eigenvalue weighted by atomic mass is 16.2. The van der Waals surface area contributed by atoms with E-state index in [0.717, 1.165) is 45.6 Å². The zero-order valence-corrected chi connectivity index (χ0v) is 10.5. The Labute approximate surface area is 103 Å². The van der Waals surface area contributed by atoms with Crippen LogP contribution < -0.4 is 5.32 Å². The van der Waals surface area contributed by atoms with Crippen molar-refractivity contribution in [2.24, 2.45) is 0 Å². The molecule has 2 aliphatic rings. The fourth-order valence-corrected chi connectivity index (χ4v) is 2.71. The van der Waals surface area contributed by atoms with E-state index in [2.05, 4.69) is 16.1 Å². The maximum atomic E-state index is 12.4. The normalized spacial score (nSPS) is 27.8. The number of terminal acetylenes is 1. The largest absolute Gasteiger partial charge is 0.339 e. The molecule has 0 aromatic heterocycles. The van der Waals surface area contributed by atoms with Gasteiger partial charge in [0.25, 0.3) is 0 Å². The first kappa shape index (κ1) is 12.4. The van der Waals surface area contributed by atoms with E-state index < -0.39 is 0 Å². The van der Waals surface area contributed by atoms with Crippen LogP contribution in [0.3, 0.4) is 0 Å². The molecule has 2 atom stereocenters. The van der Waals surface area contributed by atoms with Gasteiger partial charge in [0.1, 0.15) is 0 Å². The summed E-state index contributed by atoms with van der Waals surface area (Å²) in [4.78, 5) is 16.6. The first-order valence-corrected chi connectivity index (χ1v) is 6.45. The van der Waals surface area contributed by atoms with Crippen LogP contribution in [0.2, 0.25) is 0 Å². The fraction of sp³-hybridized carbons (Fsp3) is 0.769. The number of nitrogens with zero attached hydrogens (tertiary/aromatic N) is 2. The zero-order chi connectivity index (χ0) is 12.3. The third-order valence-electron chi connectivity index (χ3n) is 3.75. The second-order valence-electron chi connectivity index (χ2n) is 4.81. The Morgan fingerprint density at radius 1 is 1.41 bits per heavy atom. The Kier molecular flexibility index (Phi) is 4.03. The maximum absolute atomic E-state index is 12.4. The van der Waals surface area contributed by atoms with Crippen molar-refractivity contribution in [3.63, 3.8) is 0 Å². The molecule has 1 N–H and O–H groups in total. The van der Waals surface area contributed by atoms with Crippen molar-refractivity contribution in [2.45, 2.75) is 31.8 Å². The average Bonchev–Trinajstić information content (AvgIpc) is 2.87. The maximum Gasteiger partial charge on any atom is 0.240 e. The van der Waals surface area contributed by atoms with Gasteiger partial charge in [-0.25, -0.2) is 0 Å². The second-order valence-corrected chi connectivity index (χ2v) is 4.81. The van der Waals surface area contributed by atoms with Gasteiger partial charge in [-0.15, -0.1) is 6.42 Å². The third kappa shape index (κ3) is 2.62. The molecule has 2 rings (SSSR count). The number of likely N-dealkylation sites (tertiary alicyclic amines) is 1. The Morgan fingerprint density at radius 2 is 2.12 bits per heavy atom. The van der Waals surface area contributed by atoms with E-state index in [-0.39, 0.29) is 18.0 Å². The molecular weight excluding hydrogens is 214 g/mol. The van der Waals surface area contributed by atoms with Crippen LogP contribution in [0.1, 0.15) is 19.8 Å². The Balaban J connectivity index is 2.00. The van der Waals surface area contributed by atoms with Crippen molar-refractivity contribution < 1.29 is 4.79 Å². The molecule has 4 nitrogen and oxygen atoms in total. The number of nitrogens with one attached hydrogen (secondary N) is 1. The topological polar surface area (TPSA) is 35.6 Å². The first-order valence-electron chi connectivity index (χ1n) is 6.45. The Bertz CT molecular complexity index is 317. The molecule has 17 heavy (non-hydrogen) atoms. The van der Waals surface area contributed by atoms with Crippen molar-refractivity contribution in [3.8, 4) is 12.3 Å². The van der Waals surface area contributed by atoms with Gasteiger partial charge in [0.2, 0.25) is 5.91 Å². The summed E-state index contributed by atoms with van der Waals surface area (Å²) in [7, 11) is 0. The lowest BCUT2D eigenvalue weighted by Gasteiger charge is -2.34. The molecule has 0 bridgehead atoms. The number of amides is 1. The van der Waals surface area contributed by atoms with Gasteiger partial charge < -0.3 is 10.2 Å². The molecule has 0 aromatic rings. The van der Waals surface area contributed by atoms with Crippen LogP contribution in [-0.4, -0.2) is 60.5 Å². The van der Waals surface area contributed by atoms with E-state index >= 15 is 0 Å². The number of hydrogen-bond acceptors (Lipinski definition) is 3. The van der Waals surface area contributed by atoms with Crippen LogP contribution in [0.25, 0.3) is 0 Å². The van der Waals surface area contributed by atoms with E-state index in [1.54, 1.807) is 0 Å². The summed E-state index contributed by atoms with van der Waals surface area (Å²) in [6.07, 6.45) is 7.50. The fourth-order valence-electron chi connectivity index (χ4n) is 2.71. The lowest BCUT2D eigenvalue weighted by atomic mass is 10.1. The quantitative estimate of drug-likeness (QED) is 0.679. The first-order chi connectivity index (χ1) is 8.24. The van der Waals surface area contributed by atoms with E-state index in [9.17, 15) is 4.79 Å². The highest BCUT2D eigenvalue weighted by Crippen LogP contribution is 2.21. The summed E-state index contributed by atoms with van der Waals surface area (Å²) >= 11 is 0. The van der Waals surface area contributed by atoms with Gasteiger partial charge >= 0.3 is 0 Å². The monoisotopic (exact) mass is 235 g/mol. The predicted octanol–water partition coefficient (Wildman–Crippen LogP) is -0.0957. The molecule has 0 spiro atoms. The molecule has 2 fully saturated rings. The predicted molar refractivity (Wildman–Crippen MR) is 67.5 cm³/mol. The summed E-state index contributed by atoms with van der Waals surface area (Å²) in [5.74, 6) is 3.01. The molecule has 2 unspecified atom stereocenters. The molecule has 1 amide bonds. The molecule has 0 radical (unpaired) electrons. The summed E-state index contributed by atoms with van der Waals surface area (Å²) < 4.78 is 0. The summed E-state index contributed by atoms with van der Waals surface area (Å²) in [5, 5.41) is 3.27. The lowest BCUT2D eigenvalue weighted by Crippen LogP contribution is -2.53. The molecular formula is C13H21N3O. The van der Waals surface area contributed by atoms with Gasteiger partial charge in [-0.3, -0.25) is 9.69 Å². The molecule has 2 aliphatic heterocycles. The highest BCUT2D eigenvalue weighted by Gasteiger charge is 2.35. The Hall–Kier alpha value is -1.05. The van der Waals surface area contributed by atoms with Crippen LogP contribution in [-0.2, 0) is 4.79 Å². The Morgan fingerprint density at radius 3 is 2.76 bits per heavy atom. The molecule has 94 valence electrons. The van der Waals surface area contributed by atoms with Gasteiger partial charge in [0.05, 0.1) is 12.1 Å². The smallest absolute Gasteiger partial charge is 0.240 e. The highest BCUT2D eigenvalue weighted by molar-refractivity contribution is 5.82. The van der Waals surface area contributed by atoms with E-state index in [1.165, 1.54) is 0 Å². The molecule has 0 saturated carbocycles. The molecule has 2 heterocycles.